The molecule has 1 aromatic carbocycles. The van der Waals surface area contributed by atoms with Crippen LogP contribution in [0.5, 0.6) is 0 Å². The molecule has 1 saturated carbocycles. The zero-order chi connectivity index (χ0) is 15.3. The van der Waals surface area contributed by atoms with Crippen LogP contribution in [0.4, 0.5) is 0 Å². The number of hydrogen-bond donors (Lipinski definition) is 0. The van der Waals surface area contributed by atoms with Gasteiger partial charge in [0.05, 0.1) is 0 Å². The van der Waals surface area contributed by atoms with E-state index in [1.54, 1.807) is 5.56 Å². The van der Waals surface area contributed by atoms with Gasteiger partial charge in [-0.2, -0.15) is 0 Å². The lowest BCUT2D eigenvalue weighted by atomic mass is 9.61. The molecule has 2 heterocycles. The van der Waals surface area contributed by atoms with Crippen molar-refractivity contribution >= 4 is 18.6 Å². The molecule has 0 bridgehead atoms. The summed E-state index contributed by atoms with van der Waals surface area (Å²) in [7, 11) is 4.62. The Morgan fingerprint density at radius 2 is 1.83 bits per heavy atom. The zero-order valence-electron chi connectivity index (χ0n) is 15.0. The number of halogens is 2. The maximum absolute atomic E-state index is 2.65. The zero-order valence-corrected chi connectivity index (χ0v) is 16.6. The Morgan fingerprint density at radius 1 is 1.12 bits per heavy atom. The molecule has 1 aliphatic carbocycles. The molecule has 4 heteroatoms. The van der Waals surface area contributed by atoms with Gasteiger partial charge in [0.2, 0.25) is 0 Å². The average Bonchev–Trinajstić information content (AvgIpc) is 2.90. The van der Waals surface area contributed by atoms with Gasteiger partial charge in [0.25, 0.3) is 0 Å². The lowest BCUT2D eigenvalue weighted by molar-refractivity contribution is -0.490. The highest BCUT2D eigenvalue weighted by Crippen LogP contribution is 2.49. The van der Waals surface area contributed by atoms with Gasteiger partial charge in [-0.1, -0.05) is 29.8 Å². The van der Waals surface area contributed by atoms with Gasteiger partial charge in [-0.3, -0.25) is 0 Å². The third kappa shape index (κ3) is 3.38. The topological polar surface area (TPSA) is 6.25 Å². The van der Waals surface area contributed by atoms with Crippen LogP contribution >= 0.6 is 12.4 Å². The number of benzene rings is 1. The Hall–Kier alpha value is -0.570. The van der Waals surface area contributed by atoms with Crippen molar-refractivity contribution in [3.05, 3.63) is 35.4 Å². The predicted molar refractivity (Wildman–Crippen MR) is 99.0 cm³/mol. The molecule has 0 amide bonds. The minimum atomic E-state index is 0. The first kappa shape index (κ1) is 19.8. The van der Waals surface area contributed by atoms with Crippen LogP contribution in [-0.2, 0) is 0 Å². The molecule has 1 saturated heterocycles. The van der Waals surface area contributed by atoms with Crippen molar-refractivity contribution in [1.29, 1.82) is 0 Å². The van der Waals surface area contributed by atoms with Crippen LogP contribution in [-0.4, -0.2) is 48.9 Å². The fourth-order valence-corrected chi connectivity index (χ4v) is 5.44. The first-order chi connectivity index (χ1) is 10.6. The Bertz CT molecular complexity index is 584. The SMILES string of the molecule is Cc1ccc(C2CC3C(CCCN3C)C3C=[N+](C)CC23)cc1.Cl.[Cl-]. The molecule has 134 valence electrons. The summed E-state index contributed by atoms with van der Waals surface area (Å²) in [4.78, 5) is 2.65. The molecule has 2 fully saturated rings. The van der Waals surface area contributed by atoms with Crippen molar-refractivity contribution in [2.24, 2.45) is 17.8 Å². The van der Waals surface area contributed by atoms with E-state index in [0.717, 1.165) is 29.7 Å². The Morgan fingerprint density at radius 3 is 2.54 bits per heavy atom. The van der Waals surface area contributed by atoms with Gasteiger partial charge in [-0.15, -0.1) is 12.4 Å². The first-order valence-corrected chi connectivity index (χ1v) is 8.95. The molecule has 5 unspecified atom stereocenters. The minimum Gasteiger partial charge on any atom is -1.00 e. The van der Waals surface area contributed by atoms with Crippen molar-refractivity contribution in [2.75, 3.05) is 27.2 Å². The molecule has 24 heavy (non-hydrogen) atoms. The Kier molecular flexibility index (Phi) is 6.39. The number of hydrogen-bond acceptors (Lipinski definition) is 1. The van der Waals surface area contributed by atoms with Crippen molar-refractivity contribution in [1.82, 2.24) is 4.90 Å². The second kappa shape index (κ2) is 7.76. The number of likely N-dealkylation sites (tertiary alicyclic amines) is 1. The van der Waals surface area contributed by atoms with Crippen LogP contribution in [0.1, 0.15) is 36.3 Å². The summed E-state index contributed by atoms with van der Waals surface area (Å²) < 4.78 is 2.47. The normalized spacial score (nSPS) is 35.1. The minimum absolute atomic E-state index is 0. The van der Waals surface area contributed by atoms with Crippen LogP contribution < -0.4 is 12.4 Å². The van der Waals surface area contributed by atoms with Crippen LogP contribution in [0.25, 0.3) is 0 Å². The summed E-state index contributed by atoms with van der Waals surface area (Å²) in [5.41, 5.74) is 2.94. The molecule has 2 aliphatic heterocycles. The number of rotatable bonds is 1. The largest absolute Gasteiger partial charge is 1.00 e. The molecule has 4 rings (SSSR count). The summed E-state index contributed by atoms with van der Waals surface area (Å²) >= 11 is 0. The fraction of sp³-hybridized carbons (Fsp3) is 0.650. The van der Waals surface area contributed by atoms with E-state index in [9.17, 15) is 0 Å². The van der Waals surface area contributed by atoms with E-state index < -0.39 is 0 Å². The second-order valence-electron chi connectivity index (χ2n) is 7.94. The average molecular weight is 369 g/mol. The van der Waals surface area contributed by atoms with E-state index in [1.165, 1.54) is 37.9 Å². The molecule has 1 aromatic rings. The quantitative estimate of drug-likeness (QED) is 0.657. The van der Waals surface area contributed by atoms with E-state index in [2.05, 4.69) is 61.0 Å². The second-order valence-corrected chi connectivity index (χ2v) is 7.94. The van der Waals surface area contributed by atoms with Crippen molar-refractivity contribution in [3.8, 4) is 0 Å². The van der Waals surface area contributed by atoms with E-state index in [1.807, 2.05) is 0 Å². The molecule has 5 atom stereocenters. The van der Waals surface area contributed by atoms with Crippen LogP contribution in [0.2, 0.25) is 0 Å². The third-order valence-electron chi connectivity index (χ3n) is 6.54. The number of piperidine rings is 1. The molecular formula is C20H30Cl2N2. The molecule has 0 spiro atoms. The lowest BCUT2D eigenvalue weighted by Gasteiger charge is -2.49. The predicted octanol–water partition coefficient (Wildman–Crippen LogP) is 0.578. The van der Waals surface area contributed by atoms with Gasteiger partial charge < -0.3 is 17.3 Å². The van der Waals surface area contributed by atoms with E-state index in [4.69, 9.17) is 0 Å². The van der Waals surface area contributed by atoms with Gasteiger partial charge in [0.1, 0.15) is 19.8 Å². The van der Waals surface area contributed by atoms with Crippen molar-refractivity contribution in [3.63, 3.8) is 0 Å². The summed E-state index contributed by atoms with van der Waals surface area (Å²) in [5.74, 6) is 3.22. The van der Waals surface area contributed by atoms with E-state index in [0.29, 0.717) is 0 Å². The van der Waals surface area contributed by atoms with Gasteiger partial charge in [0.15, 0.2) is 0 Å². The van der Waals surface area contributed by atoms with Gasteiger partial charge in [-0.05, 0) is 57.2 Å². The van der Waals surface area contributed by atoms with Gasteiger partial charge in [-0.25, -0.2) is 4.58 Å². The smallest absolute Gasteiger partial charge is 0.146 e. The maximum Gasteiger partial charge on any atom is 0.146 e. The summed E-state index contributed by atoms with van der Waals surface area (Å²) in [6.07, 6.45) is 6.73. The van der Waals surface area contributed by atoms with Gasteiger partial charge in [0, 0.05) is 17.9 Å². The molecular weight excluding hydrogens is 339 g/mol. The van der Waals surface area contributed by atoms with Gasteiger partial charge >= 0.3 is 0 Å². The highest BCUT2D eigenvalue weighted by atomic mass is 35.5. The molecule has 0 aromatic heterocycles. The number of nitrogens with zero attached hydrogens (tertiary/aromatic N) is 2. The van der Waals surface area contributed by atoms with Crippen LogP contribution in [0.3, 0.4) is 0 Å². The monoisotopic (exact) mass is 368 g/mol. The summed E-state index contributed by atoms with van der Waals surface area (Å²) in [6, 6.07) is 10.1. The molecule has 0 radical (unpaired) electrons. The van der Waals surface area contributed by atoms with E-state index >= 15 is 0 Å². The van der Waals surface area contributed by atoms with E-state index in [-0.39, 0.29) is 24.8 Å². The standard InChI is InChI=1S/C20H29N2.2ClH/c1-14-6-8-15(9-7-14)17-11-20-16(5-4-10-22(20)3)18-12-21(2)13-19(17)18;;/h6-9,12,16-20H,4-5,10-11,13H2,1-3H3;2*1H/q+1;;/p-1. The highest BCUT2D eigenvalue weighted by molar-refractivity contribution is 5.85. The molecule has 0 N–H and O–H groups in total. The van der Waals surface area contributed by atoms with Crippen LogP contribution in [0.15, 0.2) is 24.3 Å². The number of fused-ring (bicyclic) bond motifs is 3. The molecule has 3 aliphatic rings. The number of aryl methyl sites for hydroxylation is 1. The first-order valence-electron chi connectivity index (χ1n) is 8.95. The Labute approximate surface area is 159 Å². The fourth-order valence-electron chi connectivity index (χ4n) is 5.44. The van der Waals surface area contributed by atoms with Crippen LogP contribution in [0, 0.1) is 24.7 Å². The summed E-state index contributed by atoms with van der Waals surface area (Å²) in [5, 5.41) is 0. The highest BCUT2D eigenvalue weighted by Gasteiger charge is 2.51. The van der Waals surface area contributed by atoms with Crippen molar-refractivity contribution in [2.45, 2.75) is 38.1 Å². The summed E-state index contributed by atoms with van der Waals surface area (Å²) in [6.45, 7) is 4.72. The molecule has 2 nitrogen and oxygen atoms in total. The van der Waals surface area contributed by atoms with Crippen molar-refractivity contribution < 1.29 is 17.0 Å². The lowest BCUT2D eigenvalue weighted by Crippen LogP contribution is -3.00. The Balaban J connectivity index is 0.00000104. The maximum atomic E-state index is 2.65. The third-order valence-corrected chi connectivity index (χ3v) is 6.54.